The molecule has 0 radical (unpaired) electrons. The normalized spacial score (nSPS) is 30.4. The summed E-state index contributed by atoms with van der Waals surface area (Å²) in [5.41, 5.74) is 1.81. The van der Waals surface area contributed by atoms with E-state index < -0.39 is 22.6 Å². The highest BCUT2D eigenvalue weighted by Crippen LogP contribution is 2.68. The standard InChI is InChI=1S/C27H40N4O4S/c1-5-30(6-2)19-12-10-18(11-13-19)29-25(34)23-27-17(3)16-20(36-27)21(24(33)28-4)22(27)26(35)31(23)14-8-7-9-15-32/h10-13,17,20-23,32H,5-9,14-16H2,1-4H3,(H,28,33)(H,29,34)/t17?,20-,21+,22-,23?,27?/m0/s1. The van der Waals surface area contributed by atoms with Gasteiger partial charge in [-0.15, -0.1) is 11.8 Å². The molecule has 1 spiro atoms. The third-order valence-corrected chi connectivity index (χ3v) is 10.4. The van der Waals surface area contributed by atoms with Gasteiger partial charge in [0.25, 0.3) is 0 Å². The van der Waals surface area contributed by atoms with Crippen LogP contribution in [0.2, 0.25) is 0 Å². The SMILES string of the molecule is CCN(CC)c1ccc(NC(=O)C2N(CCCCCO)C(=O)[C@@H]3[C@H](C(=O)NC)[C@@H]4CC(C)C23S4)cc1. The van der Waals surface area contributed by atoms with E-state index >= 15 is 0 Å². The Balaban J connectivity index is 1.63. The number of carbonyl (C=O) groups excluding carboxylic acids is 3. The van der Waals surface area contributed by atoms with Crippen LogP contribution in [0.3, 0.4) is 0 Å². The average molecular weight is 517 g/mol. The van der Waals surface area contributed by atoms with Crippen LogP contribution in [0.4, 0.5) is 11.4 Å². The zero-order valence-corrected chi connectivity index (χ0v) is 22.6. The van der Waals surface area contributed by atoms with Gasteiger partial charge in [-0.2, -0.15) is 0 Å². The molecule has 3 N–H and O–H groups in total. The van der Waals surface area contributed by atoms with Crippen LogP contribution < -0.4 is 15.5 Å². The van der Waals surface area contributed by atoms with Gasteiger partial charge in [0.1, 0.15) is 6.04 Å². The number of likely N-dealkylation sites (tertiary alicyclic amines) is 1. The van der Waals surface area contributed by atoms with E-state index in [4.69, 9.17) is 0 Å². The monoisotopic (exact) mass is 516 g/mol. The third kappa shape index (κ3) is 4.38. The molecule has 2 bridgehead atoms. The number of aliphatic hydroxyl groups excluding tert-OH is 1. The van der Waals surface area contributed by atoms with Gasteiger partial charge in [0, 0.05) is 49.9 Å². The Kier molecular flexibility index (Phi) is 8.19. The maximum absolute atomic E-state index is 13.9. The Morgan fingerprint density at radius 3 is 2.44 bits per heavy atom. The summed E-state index contributed by atoms with van der Waals surface area (Å²) in [7, 11) is 1.62. The molecule has 3 heterocycles. The van der Waals surface area contributed by atoms with Gasteiger partial charge >= 0.3 is 0 Å². The number of aliphatic hydroxyl groups is 1. The molecule has 3 unspecified atom stereocenters. The zero-order chi connectivity index (χ0) is 26.0. The molecule has 0 aliphatic carbocycles. The maximum atomic E-state index is 13.9. The Morgan fingerprint density at radius 1 is 1.14 bits per heavy atom. The van der Waals surface area contributed by atoms with Crippen LogP contribution in [0.15, 0.2) is 24.3 Å². The zero-order valence-electron chi connectivity index (χ0n) is 21.8. The summed E-state index contributed by atoms with van der Waals surface area (Å²) in [6.45, 7) is 8.73. The van der Waals surface area contributed by atoms with Gasteiger partial charge in [-0.3, -0.25) is 14.4 Å². The molecule has 4 rings (SSSR count). The Bertz CT molecular complexity index is 969. The van der Waals surface area contributed by atoms with Crippen LogP contribution >= 0.6 is 11.8 Å². The molecule has 0 aromatic heterocycles. The first kappa shape index (κ1) is 26.8. The van der Waals surface area contributed by atoms with Crippen molar-refractivity contribution < 1.29 is 19.5 Å². The second-order valence-electron chi connectivity index (χ2n) is 10.2. The number of fused-ring (bicyclic) bond motifs is 1. The van der Waals surface area contributed by atoms with Gasteiger partial charge < -0.3 is 25.5 Å². The second kappa shape index (κ2) is 11.0. The molecule has 3 amide bonds. The van der Waals surface area contributed by atoms with E-state index in [0.717, 1.165) is 31.6 Å². The van der Waals surface area contributed by atoms with Crippen molar-refractivity contribution in [2.75, 3.05) is 43.5 Å². The quantitative estimate of drug-likeness (QED) is 0.391. The summed E-state index contributed by atoms with van der Waals surface area (Å²) in [6.07, 6.45) is 2.99. The lowest BCUT2D eigenvalue weighted by Crippen LogP contribution is -2.55. The lowest BCUT2D eigenvalue weighted by atomic mass is 9.66. The average Bonchev–Trinajstić information content (AvgIpc) is 3.46. The minimum absolute atomic E-state index is 0.0501. The van der Waals surface area contributed by atoms with E-state index in [2.05, 4.69) is 36.3 Å². The number of hydrogen-bond acceptors (Lipinski definition) is 6. The predicted molar refractivity (Wildman–Crippen MR) is 144 cm³/mol. The van der Waals surface area contributed by atoms with Gasteiger partial charge in [-0.1, -0.05) is 6.92 Å². The van der Waals surface area contributed by atoms with Crippen molar-refractivity contribution in [1.82, 2.24) is 10.2 Å². The highest BCUT2D eigenvalue weighted by molar-refractivity contribution is 8.02. The van der Waals surface area contributed by atoms with Crippen molar-refractivity contribution in [1.29, 1.82) is 0 Å². The molecule has 3 aliphatic heterocycles. The van der Waals surface area contributed by atoms with Crippen molar-refractivity contribution >= 4 is 40.9 Å². The first-order valence-corrected chi connectivity index (χ1v) is 14.2. The van der Waals surface area contributed by atoms with Gasteiger partial charge in [0.15, 0.2) is 0 Å². The smallest absolute Gasteiger partial charge is 0.248 e. The van der Waals surface area contributed by atoms with Gasteiger partial charge in [0.05, 0.1) is 16.6 Å². The summed E-state index contributed by atoms with van der Waals surface area (Å²) >= 11 is 1.69. The third-order valence-electron chi connectivity index (χ3n) is 8.36. The minimum Gasteiger partial charge on any atom is -0.396 e. The summed E-state index contributed by atoms with van der Waals surface area (Å²) in [4.78, 5) is 44.7. The number of unbranched alkanes of at least 4 members (excludes halogenated alkanes) is 2. The van der Waals surface area contributed by atoms with Crippen molar-refractivity contribution in [3.63, 3.8) is 0 Å². The number of hydrogen-bond donors (Lipinski definition) is 3. The Morgan fingerprint density at radius 2 is 1.83 bits per heavy atom. The lowest BCUT2D eigenvalue weighted by molar-refractivity contribution is -0.139. The Hall–Kier alpha value is -2.26. The minimum atomic E-state index is -0.633. The van der Waals surface area contributed by atoms with E-state index in [0.29, 0.717) is 25.1 Å². The first-order valence-electron chi connectivity index (χ1n) is 13.3. The van der Waals surface area contributed by atoms with Crippen LogP contribution in [0, 0.1) is 17.8 Å². The van der Waals surface area contributed by atoms with Crippen LogP contribution in [0.5, 0.6) is 0 Å². The van der Waals surface area contributed by atoms with Crippen LogP contribution in [-0.4, -0.2) is 77.1 Å². The fourth-order valence-corrected chi connectivity index (χ4v) is 9.07. The van der Waals surface area contributed by atoms with E-state index in [1.165, 1.54) is 0 Å². The van der Waals surface area contributed by atoms with E-state index in [9.17, 15) is 19.5 Å². The number of rotatable bonds is 11. The van der Waals surface area contributed by atoms with E-state index in [1.54, 1.807) is 23.7 Å². The number of anilines is 2. The molecule has 3 saturated heterocycles. The van der Waals surface area contributed by atoms with Crippen molar-refractivity contribution in [2.24, 2.45) is 17.8 Å². The molecule has 3 fully saturated rings. The first-order chi connectivity index (χ1) is 17.3. The molecule has 36 heavy (non-hydrogen) atoms. The van der Waals surface area contributed by atoms with Crippen molar-refractivity contribution in [3.05, 3.63) is 24.3 Å². The maximum Gasteiger partial charge on any atom is 0.248 e. The molecule has 1 aromatic rings. The fraction of sp³-hybridized carbons (Fsp3) is 0.667. The van der Waals surface area contributed by atoms with Gasteiger partial charge in [0.2, 0.25) is 17.7 Å². The van der Waals surface area contributed by atoms with Gasteiger partial charge in [-0.05, 0) is 69.7 Å². The summed E-state index contributed by atoms with van der Waals surface area (Å²) in [5, 5.41) is 15.1. The molecular formula is C27H40N4O4S. The molecule has 0 saturated carbocycles. The van der Waals surface area contributed by atoms with Crippen LogP contribution in [0.1, 0.15) is 46.5 Å². The number of carbonyl (C=O) groups is 3. The molecular weight excluding hydrogens is 476 g/mol. The van der Waals surface area contributed by atoms with Crippen LogP contribution in [-0.2, 0) is 14.4 Å². The number of thioether (sulfide) groups is 1. The lowest BCUT2D eigenvalue weighted by Gasteiger charge is -2.38. The highest BCUT2D eigenvalue weighted by atomic mass is 32.2. The van der Waals surface area contributed by atoms with Crippen molar-refractivity contribution in [2.45, 2.75) is 62.5 Å². The topological polar surface area (TPSA) is 102 Å². The van der Waals surface area contributed by atoms with Crippen LogP contribution in [0.25, 0.3) is 0 Å². The molecule has 198 valence electrons. The molecule has 3 aliphatic rings. The Labute approximate surface area is 218 Å². The van der Waals surface area contributed by atoms with E-state index in [-0.39, 0.29) is 35.5 Å². The number of nitrogens with one attached hydrogen (secondary N) is 2. The second-order valence-corrected chi connectivity index (χ2v) is 11.7. The molecule has 8 nitrogen and oxygen atoms in total. The summed E-state index contributed by atoms with van der Waals surface area (Å²) in [6, 6.07) is 7.22. The number of amides is 3. The largest absolute Gasteiger partial charge is 0.396 e. The molecule has 6 atom stereocenters. The predicted octanol–water partition coefficient (Wildman–Crippen LogP) is 2.72. The van der Waals surface area contributed by atoms with Gasteiger partial charge in [-0.25, -0.2) is 0 Å². The summed E-state index contributed by atoms with van der Waals surface area (Å²) < 4.78 is -0.610. The number of benzene rings is 1. The van der Waals surface area contributed by atoms with Crippen molar-refractivity contribution in [3.8, 4) is 0 Å². The molecule has 1 aromatic carbocycles. The van der Waals surface area contributed by atoms with E-state index in [1.807, 2.05) is 24.3 Å². The summed E-state index contributed by atoms with van der Waals surface area (Å²) in [5.74, 6) is -1.12. The molecule has 9 heteroatoms. The highest BCUT2D eigenvalue weighted by Gasteiger charge is 2.75. The fourth-order valence-electron chi connectivity index (χ4n) is 6.65. The number of nitrogens with zero attached hydrogens (tertiary/aromatic N) is 2.